The van der Waals surface area contributed by atoms with Gasteiger partial charge in [-0.1, -0.05) is 12.1 Å². The molecule has 1 aromatic rings. The second-order valence-electron chi connectivity index (χ2n) is 5.67. The smallest absolute Gasteiger partial charge is 0.253 e. The minimum atomic E-state index is -2.97. The van der Waals surface area contributed by atoms with Gasteiger partial charge in [-0.15, -0.1) is 23.5 Å². The van der Waals surface area contributed by atoms with Gasteiger partial charge in [-0.25, -0.2) is 8.42 Å². The summed E-state index contributed by atoms with van der Waals surface area (Å²) in [5.41, 5.74) is 1.87. The Kier molecular flexibility index (Phi) is 4.75. The predicted molar refractivity (Wildman–Crippen MR) is 93.3 cm³/mol. The third-order valence-electron chi connectivity index (χ3n) is 4.13. The fourth-order valence-electron chi connectivity index (χ4n) is 2.78. The lowest BCUT2D eigenvalue weighted by atomic mass is 10.1. The largest absolute Gasteiger partial charge is 0.338 e. The van der Waals surface area contributed by atoms with Crippen molar-refractivity contribution in [3.05, 3.63) is 35.4 Å². The minimum absolute atomic E-state index is 0.0860. The number of hydrogen-bond acceptors (Lipinski definition) is 5. The molecule has 0 N–H and O–H groups in total. The molecular formula is C15H19NO3S3. The summed E-state index contributed by atoms with van der Waals surface area (Å²) in [5.74, 6) is 2.52. The van der Waals surface area contributed by atoms with E-state index < -0.39 is 9.84 Å². The fourth-order valence-corrected chi connectivity index (χ4v) is 7.42. The van der Waals surface area contributed by atoms with Crippen LogP contribution >= 0.6 is 23.5 Å². The quantitative estimate of drug-likeness (QED) is 0.832. The van der Waals surface area contributed by atoms with Crippen LogP contribution in [0, 0.1) is 0 Å². The first-order valence-electron chi connectivity index (χ1n) is 7.27. The molecule has 0 radical (unpaired) electrons. The Hall–Kier alpha value is -0.660. The molecule has 1 aromatic carbocycles. The highest BCUT2D eigenvalue weighted by molar-refractivity contribution is 8.19. The van der Waals surface area contributed by atoms with E-state index in [-0.39, 0.29) is 23.5 Å². The zero-order chi connectivity index (χ0) is 15.7. The molecular weight excluding hydrogens is 338 g/mol. The highest BCUT2D eigenvalue weighted by atomic mass is 32.2. The maximum Gasteiger partial charge on any atom is 0.253 e. The van der Waals surface area contributed by atoms with Crippen LogP contribution in [0.5, 0.6) is 0 Å². The molecule has 2 saturated heterocycles. The second kappa shape index (κ2) is 6.45. The lowest BCUT2D eigenvalue weighted by Crippen LogP contribution is -2.37. The van der Waals surface area contributed by atoms with Crippen LogP contribution in [0.15, 0.2) is 24.3 Å². The summed E-state index contributed by atoms with van der Waals surface area (Å²) >= 11 is 3.87. The molecule has 2 fully saturated rings. The molecule has 3 rings (SSSR count). The maximum atomic E-state index is 12.5. The summed E-state index contributed by atoms with van der Waals surface area (Å²) in [5, 5.41) is 0. The highest BCUT2D eigenvalue weighted by Gasteiger charge is 2.33. The maximum absolute atomic E-state index is 12.5. The van der Waals surface area contributed by atoms with Gasteiger partial charge in [0.1, 0.15) is 0 Å². The van der Waals surface area contributed by atoms with Crippen LogP contribution in [-0.2, 0) is 9.84 Å². The van der Waals surface area contributed by atoms with Crippen LogP contribution in [0.2, 0.25) is 0 Å². The van der Waals surface area contributed by atoms with E-state index in [0.717, 1.165) is 0 Å². The van der Waals surface area contributed by atoms with Gasteiger partial charge in [0.05, 0.1) is 16.1 Å². The molecule has 1 amide bonds. The molecule has 0 bridgehead atoms. The number of amides is 1. The van der Waals surface area contributed by atoms with Gasteiger partial charge in [-0.3, -0.25) is 4.79 Å². The minimum Gasteiger partial charge on any atom is -0.338 e. The summed E-state index contributed by atoms with van der Waals surface area (Å²) in [4.78, 5) is 14.1. The Bertz CT molecular complexity index is 651. The summed E-state index contributed by atoms with van der Waals surface area (Å²) < 4.78 is 23.6. The van der Waals surface area contributed by atoms with Gasteiger partial charge >= 0.3 is 0 Å². The molecule has 0 spiro atoms. The molecule has 0 aromatic heterocycles. The van der Waals surface area contributed by atoms with Gasteiger partial charge in [0, 0.05) is 30.2 Å². The van der Waals surface area contributed by atoms with Gasteiger partial charge < -0.3 is 4.90 Å². The van der Waals surface area contributed by atoms with Crippen molar-refractivity contribution in [2.75, 3.05) is 30.1 Å². The summed E-state index contributed by atoms with van der Waals surface area (Å²) in [6.45, 7) is 0. The van der Waals surface area contributed by atoms with Crippen molar-refractivity contribution >= 4 is 39.3 Å². The SMILES string of the molecule is CN(C(=O)c1ccc(C2SCCS2)cc1)[C@@H]1CCS(=O)(=O)C1. The van der Waals surface area contributed by atoms with E-state index in [9.17, 15) is 13.2 Å². The monoisotopic (exact) mass is 357 g/mol. The third-order valence-corrected chi connectivity index (χ3v) is 8.98. The third kappa shape index (κ3) is 3.46. The summed E-state index contributed by atoms with van der Waals surface area (Å²) in [6.07, 6.45) is 0.540. The van der Waals surface area contributed by atoms with Crippen LogP contribution in [0.4, 0.5) is 0 Å². The van der Waals surface area contributed by atoms with Crippen molar-refractivity contribution < 1.29 is 13.2 Å². The summed E-state index contributed by atoms with van der Waals surface area (Å²) in [6, 6.07) is 7.55. The van der Waals surface area contributed by atoms with Crippen molar-refractivity contribution in [1.29, 1.82) is 0 Å². The Morgan fingerprint density at radius 3 is 2.36 bits per heavy atom. The number of rotatable bonds is 3. The molecule has 0 aliphatic carbocycles. The second-order valence-corrected chi connectivity index (χ2v) is 10.6. The van der Waals surface area contributed by atoms with E-state index in [0.29, 0.717) is 16.6 Å². The number of hydrogen-bond donors (Lipinski definition) is 0. The lowest BCUT2D eigenvalue weighted by Gasteiger charge is -2.23. The average molecular weight is 358 g/mol. The van der Waals surface area contributed by atoms with E-state index in [1.54, 1.807) is 11.9 Å². The first-order valence-corrected chi connectivity index (χ1v) is 11.2. The van der Waals surface area contributed by atoms with Crippen molar-refractivity contribution in [2.45, 2.75) is 17.0 Å². The van der Waals surface area contributed by atoms with E-state index in [2.05, 4.69) is 0 Å². The molecule has 2 aliphatic rings. The van der Waals surface area contributed by atoms with Crippen LogP contribution in [0.25, 0.3) is 0 Å². The zero-order valence-electron chi connectivity index (χ0n) is 12.4. The number of carbonyl (C=O) groups is 1. The molecule has 7 heteroatoms. The molecule has 1 atom stereocenters. The van der Waals surface area contributed by atoms with E-state index in [1.807, 2.05) is 47.8 Å². The van der Waals surface area contributed by atoms with Gasteiger partial charge in [0.15, 0.2) is 9.84 Å². The standard InChI is InChI=1S/C15H19NO3S3/c1-16(13-6-9-22(18,19)10-13)14(17)11-2-4-12(5-3-11)15-20-7-8-21-15/h2-5,13,15H,6-10H2,1H3/t13-/m1/s1. The van der Waals surface area contributed by atoms with E-state index in [1.165, 1.54) is 17.1 Å². The number of thioether (sulfide) groups is 2. The predicted octanol–water partition coefficient (Wildman–Crippen LogP) is 2.42. The first-order chi connectivity index (χ1) is 10.5. The van der Waals surface area contributed by atoms with Gasteiger partial charge in [-0.05, 0) is 24.1 Å². The first kappa shape index (κ1) is 16.2. The summed E-state index contributed by atoms with van der Waals surface area (Å²) in [7, 11) is -1.27. The van der Waals surface area contributed by atoms with Crippen LogP contribution in [0.3, 0.4) is 0 Å². The molecule has 0 saturated carbocycles. The molecule has 0 unspecified atom stereocenters. The zero-order valence-corrected chi connectivity index (χ0v) is 14.8. The Balaban J connectivity index is 1.69. The van der Waals surface area contributed by atoms with Crippen molar-refractivity contribution in [2.24, 2.45) is 0 Å². The van der Waals surface area contributed by atoms with Crippen molar-refractivity contribution in [3.8, 4) is 0 Å². The number of carbonyl (C=O) groups excluding carboxylic acids is 1. The fraction of sp³-hybridized carbons (Fsp3) is 0.533. The Morgan fingerprint density at radius 2 is 1.82 bits per heavy atom. The number of nitrogens with zero attached hydrogens (tertiary/aromatic N) is 1. The molecule has 2 heterocycles. The highest BCUT2D eigenvalue weighted by Crippen LogP contribution is 2.45. The number of benzene rings is 1. The molecule has 4 nitrogen and oxygen atoms in total. The van der Waals surface area contributed by atoms with Crippen LogP contribution in [-0.4, -0.2) is 55.3 Å². The lowest BCUT2D eigenvalue weighted by molar-refractivity contribution is 0.0747. The van der Waals surface area contributed by atoms with Crippen molar-refractivity contribution in [1.82, 2.24) is 4.90 Å². The topological polar surface area (TPSA) is 54.5 Å². The molecule has 2 aliphatic heterocycles. The van der Waals surface area contributed by atoms with Gasteiger partial charge in [-0.2, -0.15) is 0 Å². The van der Waals surface area contributed by atoms with E-state index >= 15 is 0 Å². The van der Waals surface area contributed by atoms with Crippen LogP contribution < -0.4 is 0 Å². The number of sulfone groups is 1. The molecule has 22 heavy (non-hydrogen) atoms. The van der Waals surface area contributed by atoms with Crippen molar-refractivity contribution in [3.63, 3.8) is 0 Å². The average Bonchev–Trinajstić information content (AvgIpc) is 3.15. The van der Waals surface area contributed by atoms with E-state index in [4.69, 9.17) is 0 Å². The van der Waals surface area contributed by atoms with Gasteiger partial charge in [0.25, 0.3) is 5.91 Å². The van der Waals surface area contributed by atoms with Gasteiger partial charge in [0.2, 0.25) is 0 Å². The van der Waals surface area contributed by atoms with Crippen LogP contribution in [0.1, 0.15) is 26.9 Å². The Labute approximate surface area is 139 Å². The normalized spacial score (nSPS) is 24.5. The molecule has 120 valence electrons. The Morgan fingerprint density at radius 1 is 1.18 bits per heavy atom.